The molecule has 0 aliphatic carbocycles. The molecule has 1 aliphatic rings. The maximum Gasteiger partial charge on any atom is 0.348 e. The Bertz CT molecular complexity index is 343. The van der Waals surface area contributed by atoms with Gasteiger partial charge < -0.3 is 9.47 Å². The normalized spacial score (nSPS) is 25.1. The highest BCUT2D eigenvalue weighted by Gasteiger charge is 2.27. The Hall–Kier alpha value is -0.620. The van der Waals surface area contributed by atoms with Crippen molar-refractivity contribution < 1.29 is 19.1 Å². The first kappa shape index (κ1) is 15.4. The van der Waals surface area contributed by atoms with Crippen LogP contribution in [0.4, 0.5) is 0 Å². The molecule has 0 aromatic rings. The lowest BCUT2D eigenvalue weighted by Crippen LogP contribution is -2.32. The molecule has 4 nitrogen and oxygen atoms in total. The number of hydrogen-bond donors (Lipinski definition) is 0. The average Bonchev–Trinajstić information content (AvgIpc) is 2.28. The number of esters is 2. The Morgan fingerprint density at radius 1 is 1.39 bits per heavy atom. The standard InChI is InChI=1S/C12H18O4S2/c1-7(2)11(13)15-9(4)12(14)16-10-6-17-5-8(3)18-10/h8-10H,1,5-6H2,2-4H3. The second-order valence-corrected chi connectivity index (χ2v) is 6.86. The van der Waals surface area contributed by atoms with Gasteiger partial charge in [0.1, 0.15) is 0 Å². The number of hydrogen-bond acceptors (Lipinski definition) is 6. The zero-order valence-corrected chi connectivity index (χ0v) is 12.4. The molecule has 0 saturated carbocycles. The predicted molar refractivity (Wildman–Crippen MR) is 74.6 cm³/mol. The first-order valence-corrected chi connectivity index (χ1v) is 7.80. The van der Waals surface area contributed by atoms with Crippen LogP contribution < -0.4 is 0 Å². The molecule has 1 heterocycles. The Kier molecular flexibility index (Phi) is 6.08. The molecule has 0 bridgehead atoms. The molecular formula is C12H18O4S2. The van der Waals surface area contributed by atoms with Gasteiger partial charge in [-0.15, -0.1) is 11.8 Å². The molecule has 0 aromatic heterocycles. The van der Waals surface area contributed by atoms with Crippen LogP contribution in [0.5, 0.6) is 0 Å². The van der Waals surface area contributed by atoms with Crippen LogP contribution in [0.3, 0.4) is 0 Å². The first-order chi connectivity index (χ1) is 8.40. The number of carbonyl (C=O) groups excluding carboxylic acids is 2. The molecule has 0 aromatic carbocycles. The molecule has 102 valence electrons. The van der Waals surface area contributed by atoms with Crippen molar-refractivity contribution in [1.29, 1.82) is 0 Å². The highest BCUT2D eigenvalue weighted by molar-refractivity contribution is 8.07. The Balaban J connectivity index is 2.39. The Morgan fingerprint density at radius 3 is 2.61 bits per heavy atom. The predicted octanol–water partition coefficient (Wildman–Crippen LogP) is 2.23. The van der Waals surface area contributed by atoms with E-state index in [1.165, 1.54) is 13.8 Å². The third-order valence-corrected chi connectivity index (χ3v) is 5.10. The largest absolute Gasteiger partial charge is 0.448 e. The Morgan fingerprint density at radius 2 is 2.06 bits per heavy atom. The summed E-state index contributed by atoms with van der Waals surface area (Å²) in [4.78, 5) is 23.0. The molecule has 18 heavy (non-hydrogen) atoms. The molecule has 0 radical (unpaired) electrons. The molecule has 6 heteroatoms. The fourth-order valence-electron chi connectivity index (χ4n) is 1.26. The van der Waals surface area contributed by atoms with E-state index in [2.05, 4.69) is 13.5 Å². The van der Waals surface area contributed by atoms with Crippen molar-refractivity contribution in [2.45, 2.75) is 37.6 Å². The summed E-state index contributed by atoms with van der Waals surface area (Å²) in [7, 11) is 0. The van der Waals surface area contributed by atoms with Gasteiger partial charge in [-0.05, 0) is 13.8 Å². The van der Waals surface area contributed by atoms with Crippen LogP contribution in [0, 0.1) is 0 Å². The summed E-state index contributed by atoms with van der Waals surface area (Å²) in [6.45, 7) is 8.60. The lowest BCUT2D eigenvalue weighted by atomic mass is 10.3. The highest BCUT2D eigenvalue weighted by atomic mass is 32.2. The lowest BCUT2D eigenvalue weighted by molar-refractivity contribution is -0.164. The lowest BCUT2D eigenvalue weighted by Gasteiger charge is -2.26. The molecule has 1 aliphatic heterocycles. The minimum absolute atomic E-state index is 0.155. The summed E-state index contributed by atoms with van der Waals surface area (Å²) >= 11 is 3.40. The second kappa shape index (κ2) is 7.09. The van der Waals surface area contributed by atoms with E-state index in [-0.39, 0.29) is 11.0 Å². The van der Waals surface area contributed by atoms with E-state index < -0.39 is 18.0 Å². The molecule has 1 saturated heterocycles. The van der Waals surface area contributed by atoms with E-state index >= 15 is 0 Å². The zero-order chi connectivity index (χ0) is 13.7. The maximum absolute atomic E-state index is 11.7. The van der Waals surface area contributed by atoms with Gasteiger partial charge in [-0.1, -0.05) is 13.5 Å². The van der Waals surface area contributed by atoms with Crippen LogP contribution in [-0.2, 0) is 19.1 Å². The van der Waals surface area contributed by atoms with Gasteiger partial charge in [0.25, 0.3) is 0 Å². The number of carbonyl (C=O) groups is 2. The van der Waals surface area contributed by atoms with Gasteiger partial charge in [0.15, 0.2) is 11.5 Å². The molecule has 3 unspecified atom stereocenters. The van der Waals surface area contributed by atoms with E-state index in [0.717, 1.165) is 11.5 Å². The number of rotatable bonds is 4. The monoisotopic (exact) mass is 290 g/mol. The fourth-order valence-corrected chi connectivity index (χ4v) is 3.87. The van der Waals surface area contributed by atoms with Crippen LogP contribution in [0.15, 0.2) is 12.2 Å². The average molecular weight is 290 g/mol. The van der Waals surface area contributed by atoms with Crippen LogP contribution in [-0.4, -0.2) is 40.2 Å². The SMILES string of the molecule is C=C(C)C(=O)OC(C)C(=O)OC1CSCC(C)S1. The van der Waals surface area contributed by atoms with Crippen molar-refractivity contribution in [2.75, 3.05) is 11.5 Å². The van der Waals surface area contributed by atoms with Crippen LogP contribution in [0.1, 0.15) is 20.8 Å². The van der Waals surface area contributed by atoms with E-state index in [0.29, 0.717) is 5.25 Å². The third kappa shape index (κ3) is 4.94. The van der Waals surface area contributed by atoms with Gasteiger partial charge in [0.05, 0.1) is 0 Å². The van der Waals surface area contributed by atoms with Gasteiger partial charge in [-0.2, -0.15) is 11.8 Å². The molecule has 1 fully saturated rings. The second-order valence-electron chi connectivity index (χ2n) is 4.18. The van der Waals surface area contributed by atoms with Crippen molar-refractivity contribution in [1.82, 2.24) is 0 Å². The van der Waals surface area contributed by atoms with E-state index in [1.807, 2.05) is 0 Å². The number of thioether (sulfide) groups is 2. The zero-order valence-electron chi connectivity index (χ0n) is 10.8. The topological polar surface area (TPSA) is 52.6 Å². The van der Waals surface area contributed by atoms with Crippen LogP contribution in [0.2, 0.25) is 0 Å². The van der Waals surface area contributed by atoms with Crippen molar-refractivity contribution in [3.8, 4) is 0 Å². The summed E-state index contributed by atoms with van der Waals surface area (Å²) in [6.07, 6.45) is -0.892. The van der Waals surface area contributed by atoms with Crippen molar-refractivity contribution in [2.24, 2.45) is 0 Å². The van der Waals surface area contributed by atoms with E-state index in [9.17, 15) is 9.59 Å². The van der Waals surface area contributed by atoms with Gasteiger partial charge in [0, 0.05) is 22.3 Å². The first-order valence-electron chi connectivity index (χ1n) is 5.70. The van der Waals surface area contributed by atoms with Gasteiger partial charge in [0.2, 0.25) is 0 Å². The molecule has 0 amide bonds. The molecule has 0 N–H and O–H groups in total. The summed E-state index contributed by atoms with van der Waals surface area (Å²) in [6, 6.07) is 0. The van der Waals surface area contributed by atoms with Crippen molar-refractivity contribution in [3.63, 3.8) is 0 Å². The quantitative estimate of drug-likeness (QED) is 0.584. The number of ether oxygens (including phenoxy) is 2. The smallest absolute Gasteiger partial charge is 0.348 e. The summed E-state index contributed by atoms with van der Waals surface area (Å²) in [5, 5.41) is 0.467. The van der Waals surface area contributed by atoms with Gasteiger partial charge in [-0.3, -0.25) is 0 Å². The summed E-state index contributed by atoms with van der Waals surface area (Å²) in [5.41, 5.74) is 0.114. The molecule has 1 rings (SSSR count). The van der Waals surface area contributed by atoms with Crippen LogP contribution >= 0.6 is 23.5 Å². The van der Waals surface area contributed by atoms with E-state index in [4.69, 9.17) is 9.47 Å². The van der Waals surface area contributed by atoms with E-state index in [1.54, 1.807) is 23.5 Å². The fraction of sp³-hybridized carbons (Fsp3) is 0.667. The highest BCUT2D eigenvalue weighted by Crippen LogP contribution is 2.30. The molecule has 0 spiro atoms. The minimum Gasteiger partial charge on any atom is -0.448 e. The van der Waals surface area contributed by atoms with Crippen molar-refractivity contribution >= 4 is 35.5 Å². The van der Waals surface area contributed by atoms with Gasteiger partial charge >= 0.3 is 11.9 Å². The third-order valence-electron chi connectivity index (χ3n) is 2.20. The molecular weight excluding hydrogens is 272 g/mol. The summed E-state index contributed by atoms with van der Waals surface area (Å²) in [5.74, 6) is 0.774. The molecule has 3 atom stereocenters. The van der Waals surface area contributed by atoms with Crippen molar-refractivity contribution in [3.05, 3.63) is 12.2 Å². The Labute approximate surface area is 116 Å². The summed E-state index contributed by atoms with van der Waals surface area (Å²) < 4.78 is 10.2. The van der Waals surface area contributed by atoms with Crippen LogP contribution in [0.25, 0.3) is 0 Å². The van der Waals surface area contributed by atoms with Gasteiger partial charge in [-0.25, -0.2) is 9.59 Å². The minimum atomic E-state index is -0.892. The maximum atomic E-state index is 11.7.